The second-order valence-corrected chi connectivity index (χ2v) is 4.82. The van der Waals surface area contributed by atoms with Gasteiger partial charge in [0.2, 0.25) is 5.91 Å². The van der Waals surface area contributed by atoms with E-state index in [-0.39, 0.29) is 30.3 Å². The Balaban J connectivity index is 2.59. The van der Waals surface area contributed by atoms with Crippen molar-refractivity contribution in [2.24, 2.45) is 0 Å². The van der Waals surface area contributed by atoms with E-state index in [1.165, 1.54) is 10.9 Å². The van der Waals surface area contributed by atoms with Gasteiger partial charge in [-0.05, 0) is 27.7 Å². The predicted octanol–water partition coefficient (Wildman–Crippen LogP) is 0.369. The maximum atomic E-state index is 11.6. The lowest BCUT2D eigenvalue weighted by Crippen LogP contribution is -2.42. The highest BCUT2D eigenvalue weighted by atomic mass is 16.5. The highest BCUT2D eigenvalue weighted by Crippen LogP contribution is 2.00. The predicted molar refractivity (Wildman–Crippen MR) is 63.9 cm³/mol. The van der Waals surface area contributed by atoms with E-state index in [4.69, 9.17) is 4.74 Å². The summed E-state index contributed by atoms with van der Waals surface area (Å²) in [4.78, 5) is 23.0. The molecule has 1 N–H and O–H groups in total. The molecule has 7 nitrogen and oxygen atoms in total. The first-order valence-corrected chi connectivity index (χ1v) is 5.70. The van der Waals surface area contributed by atoms with Gasteiger partial charge in [-0.15, -0.1) is 5.10 Å². The van der Waals surface area contributed by atoms with Crippen molar-refractivity contribution in [3.05, 3.63) is 11.9 Å². The molecule has 18 heavy (non-hydrogen) atoms. The van der Waals surface area contributed by atoms with Crippen molar-refractivity contribution in [3.8, 4) is 0 Å². The van der Waals surface area contributed by atoms with Crippen LogP contribution in [0.5, 0.6) is 0 Å². The van der Waals surface area contributed by atoms with Gasteiger partial charge in [0.25, 0.3) is 0 Å². The average molecular weight is 254 g/mol. The van der Waals surface area contributed by atoms with Gasteiger partial charge in [0, 0.05) is 5.54 Å². The van der Waals surface area contributed by atoms with E-state index in [0.29, 0.717) is 0 Å². The molecule has 0 aliphatic heterocycles. The van der Waals surface area contributed by atoms with Crippen molar-refractivity contribution >= 4 is 11.9 Å². The minimum Gasteiger partial charge on any atom is -0.461 e. The van der Waals surface area contributed by atoms with Gasteiger partial charge in [-0.25, -0.2) is 9.48 Å². The van der Waals surface area contributed by atoms with Crippen LogP contribution in [0.15, 0.2) is 6.20 Å². The van der Waals surface area contributed by atoms with Crippen LogP contribution in [-0.2, 0) is 16.1 Å². The van der Waals surface area contributed by atoms with Crippen LogP contribution >= 0.6 is 0 Å². The van der Waals surface area contributed by atoms with Crippen LogP contribution in [-0.4, -0.2) is 39.0 Å². The second kappa shape index (κ2) is 5.61. The highest BCUT2D eigenvalue weighted by molar-refractivity contribution is 5.86. The van der Waals surface area contributed by atoms with Crippen LogP contribution < -0.4 is 5.32 Å². The number of esters is 1. The topological polar surface area (TPSA) is 86.1 Å². The lowest BCUT2D eigenvalue weighted by Gasteiger charge is -2.20. The molecule has 1 heterocycles. The Morgan fingerprint density at radius 3 is 2.67 bits per heavy atom. The number of ether oxygens (including phenoxy) is 1. The number of aromatic nitrogens is 3. The first-order valence-electron chi connectivity index (χ1n) is 5.70. The van der Waals surface area contributed by atoms with Crippen LogP contribution in [0.3, 0.4) is 0 Å². The molecule has 0 saturated heterocycles. The van der Waals surface area contributed by atoms with Crippen molar-refractivity contribution in [1.82, 2.24) is 20.3 Å². The van der Waals surface area contributed by atoms with Gasteiger partial charge in [0.1, 0.15) is 6.54 Å². The van der Waals surface area contributed by atoms with Crippen molar-refractivity contribution in [2.75, 3.05) is 6.61 Å². The van der Waals surface area contributed by atoms with E-state index in [2.05, 4.69) is 15.6 Å². The largest absolute Gasteiger partial charge is 0.461 e. The molecule has 1 rings (SSSR count). The summed E-state index contributed by atoms with van der Waals surface area (Å²) in [5.41, 5.74) is -0.206. The molecule has 0 aliphatic rings. The van der Waals surface area contributed by atoms with E-state index >= 15 is 0 Å². The molecular weight excluding hydrogens is 236 g/mol. The highest BCUT2D eigenvalue weighted by Gasteiger charge is 2.16. The van der Waals surface area contributed by atoms with E-state index < -0.39 is 5.97 Å². The first kappa shape index (κ1) is 14.1. The van der Waals surface area contributed by atoms with Crippen LogP contribution in [0.4, 0.5) is 0 Å². The number of carbonyl (C=O) groups is 2. The summed E-state index contributed by atoms with van der Waals surface area (Å²) in [5, 5.41) is 10.1. The van der Waals surface area contributed by atoms with Gasteiger partial charge < -0.3 is 10.1 Å². The number of hydrogen-bond acceptors (Lipinski definition) is 5. The number of nitrogens with one attached hydrogen (secondary N) is 1. The first-order chi connectivity index (χ1) is 8.31. The number of carbonyl (C=O) groups excluding carboxylic acids is 2. The van der Waals surface area contributed by atoms with Crippen molar-refractivity contribution in [1.29, 1.82) is 0 Å². The third kappa shape index (κ3) is 4.52. The lowest BCUT2D eigenvalue weighted by molar-refractivity contribution is -0.123. The zero-order chi connectivity index (χ0) is 13.8. The molecule has 0 atom stereocenters. The number of hydrogen-bond donors (Lipinski definition) is 1. The summed E-state index contributed by atoms with van der Waals surface area (Å²) < 4.78 is 6.07. The third-order valence-corrected chi connectivity index (χ3v) is 1.84. The number of nitrogens with zero attached hydrogens (tertiary/aromatic N) is 3. The number of amides is 1. The van der Waals surface area contributed by atoms with Gasteiger partial charge in [0.15, 0.2) is 5.69 Å². The zero-order valence-electron chi connectivity index (χ0n) is 11.1. The molecule has 1 aromatic heterocycles. The molecule has 0 aliphatic carbocycles. The molecule has 0 unspecified atom stereocenters. The molecule has 7 heteroatoms. The fourth-order valence-corrected chi connectivity index (χ4v) is 1.28. The Bertz CT molecular complexity index is 434. The minimum atomic E-state index is -0.542. The van der Waals surface area contributed by atoms with Gasteiger partial charge in [-0.3, -0.25) is 4.79 Å². The molecule has 1 amide bonds. The molecule has 0 bridgehead atoms. The maximum absolute atomic E-state index is 11.6. The monoisotopic (exact) mass is 254 g/mol. The Morgan fingerprint density at radius 1 is 1.44 bits per heavy atom. The smallest absolute Gasteiger partial charge is 0.360 e. The summed E-state index contributed by atoms with van der Waals surface area (Å²) >= 11 is 0. The quantitative estimate of drug-likeness (QED) is 0.784. The minimum absolute atomic E-state index is 0.0175. The van der Waals surface area contributed by atoms with Crippen molar-refractivity contribution < 1.29 is 14.3 Å². The Hall–Kier alpha value is -1.92. The van der Waals surface area contributed by atoms with Crippen LogP contribution in [0.2, 0.25) is 0 Å². The van der Waals surface area contributed by atoms with Crippen LogP contribution in [0, 0.1) is 0 Å². The second-order valence-electron chi connectivity index (χ2n) is 4.82. The fraction of sp³-hybridized carbons (Fsp3) is 0.636. The van der Waals surface area contributed by atoms with Crippen molar-refractivity contribution in [3.63, 3.8) is 0 Å². The molecule has 1 aromatic rings. The molecule has 100 valence electrons. The molecule has 0 saturated carbocycles. The molecular formula is C11H18N4O3. The van der Waals surface area contributed by atoms with E-state index in [1.807, 2.05) is 20.8 Å². The summed E-state index contributed by atoms with van der Waals surface area (Å²) in [6, 6.07) is 0. The van der Waals surface area contributed by atoms with E-state index in [9.17, 15) is 9.59 Å². The Kier molecular flexibility index (Phi) is 4.41. The molecule has 0 spiro atoms. The maximum Gasteiger partial charge on any atom is 0.360 e. The van der Waals surface area contributed by atoms with E-state index in [0.717, 1.165) is 0 Å². The average Bonchev–Trinajstić information content (AvgIpc) is 2.63. The lowest BCUT2D eigenvalue weighted by atomic mass is 10.1. The Morgan fingerprint density at radius 2 is 2.11 bits per heavy atom. The van der Waals surface area contributed by atoms with Gasteiger partial charge >= 0.3 is 5.97 Å². The molecule has 0 radical (unpaired) electrons. The van der Waals surface area contributed by atoms with Crippen molar-refractivity contribution in [2.45, 2.75) is 39.8 Å². The van der Waals surface area contributed by atoms with E-state index in [1.54, 1.807) is 6.92 Å². The molecule has 0 aromatic carbocycles. The van der Waals surface area contributed by atoms with Crippen LogP contribution in [0.1, 0.15) is 38.2 Å². The summed E-state index contributed by atoms with van der Waals surface area (Å²) in [6.07, 6.45) is 1.39. The van der Waals surface area contributed by atoms with Gasteiger partial charge in [-0.1, -0.05) is 5.21 Å². The Labute approximate surface area is 105 Å². The third-order valence-electron chi connectivity index (χ3n) is 1.84. The van der Waals surface area contributed by atoms with Crippen LogP contribution in [0.25, 0.3) is 0 Å². The SMILES string of the molecule is CCOC(=O)c1cn(CC(=O)NC(C)(C)C)nn1. The standard InChI is InChI=1S/C11H18N4O3/c1-5-18-10(17)8-6-15(14-13-8)7-9(16)12-11(2,3)4/h6H,5,7H2,1-4H3,(H,12,16). The fourth-order valence-electron chi connectivity index (χ4n) is 1.28. The van der Waals surface area contributed by atoms with Gasteiger partial charge in [-0.2, -0.15) is 0 Å². The number of rotatable bonds is 4. The summed E-state index contributed by atoms with van der Waals surface area (Å²) in [7, 11) is 0. The summed E-state index contributed by atoms with van der Waals surface area (Å²) in [5.74, 6) is -0.734. The van der Waals surface area contributed by atoms with Gasteiger partial charge in [0.05, 0.1) is 12.8 Å². The summed E-state index contributed by atoms with van der Waals surface area (Å²) in [6.45, 7) is 7.65. The molecule has 0 fully saturated rings. The zero-order valence-corrected chi connectivity index (χ0v) is 11.1. The normalized spacial score (nSPS) is 11.1.